The molecule has 4 rings (SSSR count). The molecule has 7 heteroatoms. The number of carbonyl (C=O) groups excluding carboxylic acids is 2. The van der Waals surface area contributed by atoms with Gasteiger partial charge in [-0.1, -0.05) is 12.1 Å². The van der Waals surface area contributed by atoms with Gasteiger partial charge in [0, 0.05) is 25.2 Å². The van der Waals surface area contributed by atoms with Gasteiger partial charge in [0.15, 0.2) is 5.75 Å². The Labute approximate surface area is 160 Å². The van der Waals surface area contributed by atoms with Crippen molar-refractivity contribution in [1.82, 2.24) is 9.88 Å². The van der Waals surface area contributed by atoms with E-state index in [0.717, 1.165) is 11.1 Å². The molecule has 0 atom stereocenters. The zero-order chi connectivity index (χ0) is 20.0. The number of fused-ring (bicyclic) bond motifs is 2. The third-order valence-corrected chi connectivity index (χ3v) is 5.02. The van der Waals surface area contributed by atoms with Crippen LogP contribution in [-0.2, 0) is 24.2 Å². The molecule has 1 aliphatic rings. The van der Waals surface area contributed by atoms with Crippen LogP contribution in [0.15, 0.2) is 36.5 Å². The SMILES string of the molecule is CN1Cc2c(c(O)c3ncc(Cc4ccc(F)cc4)cc3c2CC(N)=O)C1=O. The summed E-state index contributed by atoms with van der Waals surface area (Å²) >= 11 is 0. The van der Waals surface area contributed by atoms with Crippen LogP contribution in [0.3, 0.4) is 0 Å². The number of carbonyl (C=O) groups is 2. The summed E-state index contributed by atoms with van der Waals surface area (Å²) in [6, 6.07) is 8.01. The van der Waals surface area contributed by atoms with Crippen LogP contribution in [0.1, 0.15) is 32.6 Å². The topological polar surface area (TPSA) is 96.5 Å². The predicted octanol–water partition coefficient (Wildman–Crippen LogP) is 2.28. The highest BCUT2D eigenvalue weighted by Crippen LogP contribution is 2.39. The molecule has 6 nitrogen and oxygen atoms in total. The van der Waals surface area contributed by atoms with E-state index in [9.17, 15) is 19.1 Å². The van der Waals surface area contributed by atoms with Crippen molar-refractivity contribution in [3.05, 3.63) is 70.2 Å². The van der Waals surface area contributed by atoms with E-state index in [0.29, 0.717) is 29.5 Å². The van der Waals surface area contributed by atoms with Crippen LogP contribution in [0.4, 0.5) is 4.39 Å². The van der Waals surface area contributed by atoms with Gasteiger partial charge >= 0.3 is 0 Å². The van der Waals surface area contributed by atoms with E-state index in [2.05, 4.69) is 4.98 Å². The second-order valence-corrected chi connectivity index (χ2v) is 7.03. The number of halogens is 1. The number of aromatic nitrogens is 1. The van der Waals surface area contributed by atoms with Gasteiger partial charge in [0.05, 0.1) is 12.0 Å². The number of phenolic OH excluding ortho intramolecular Hbond substituents is 1. The Morgan fingerprint density at radius 3 is 2.68 bits per heavy atom. The number of nitrogens with two attached hydrogens (primary N) is 1. The van der Waals surface area contributed by atoms with Gasteiger partial charge in [-0.05, 0) is 46.9 Å². The molecule has 0 radical (unpaired) electrons. The molecular formula is C21H18FN3O3. The fraction of sp³-hybridized carbons (Fsp3) is 0.190. The lowest BCUT2D eigenvalue weighted by Gasteiger charge is -2.13. The van der Waals surface area contributed by atoms with E-state index in [4.69, 9.17) is 5.73 Å². The lowest BCUT2D eigenvalue weighted by molar-refractivity contribution is -0.117. The zero-order valence-electron chi connectivity index (χ0n) is 15.2. The van der Waals surface area contributed by atoms with E-state index in [1.165, 1.54) is 17.0 Å². The van der Waals surface area contributed by atoms with E-state index in [-0.39, 0.29) is 35.0 Å². The minimum atomic E-state index is -0.528. The molecule has 28 heavy (non-hydrogen) atoms. The van der Waals surface area contributed by atoms with Crippen molar-refractivity contribution < 1.29 is 19.1 Å². The molecule has 0 spiro atoms. The molecule has 1 aromatic heterocycles. The van der Waals surface area contributed by atoms with Crippen molar-refractivity contribution in [2.45, 2.75) is 19.4 Å². The minimum absolute atomic E-state index is 0.0537. The minimum Gasteiger partial charge on any atom is -0.505 e. The Hall–Kier alpha value is -3.48. The van der Waals surface area contributed by atoms with E-state index < -0.39 is 5.91 Å². The van der Waals surface area contributed by atoms with Crippen LogP contribution in [-0.4, -0.2) is 33.9 Å². The Bertz CT molecular complexity index is 1130. The molecule has 1 aliphatic heterocycles. The first-order valence-corrected chi connectivity index (χ1v) is 8.78. The van der Waals surface area contributed by atoms with Gasteiger partial charge in [-0.2, -0.15) is 0 Å². The molecule has 2 aromatic carbocycles. The summed E-state index contributed by atoms with van der Waals surface area (Å²) < 4.78 is 13.1. The molecule has 2 amide bonds. The Kier molecular flexibility index (Phi) is 4.22. The van der Waals surface area contributed by atoms with Gasteiger partial charge in [-0.15, -0.1) is 0 Å². The molecule has 3 aromatic rings. The lowest BCUT2D eigenvalue weighted by Crippen LogP contribution is -2.17. The average molecular weight is 379 g/mol. The Balaban J connectivity index is 1.89. The highest BCUT2D eigenvalue weighted by Gasteiger charge is 2.33. The molecule has 142 valence electrons. The number of hydrogen-bond donors (Lipinski definition) is 2. The first kappa shape index (κ1) is 17.9. The van der Waals surface area contributed by atoms with E-state index in [1.54, 1.807) is 25.4 Å². The number of rotatable bonds is 4. The van der Waals surface area contributed by atoms with Gasteiger partial charge in [-0.25, -0.2) is 4.39 Å². The molecular weight excluding hydrogens is 361 g/mol. The summed E-state index contributed by atoms with van der Waals surface area (Å²) in [6.45, 7) is 0.294. The van der Waals surface area contributed by atoms with Crippen LogP contribution in [0.5, 0.6) is 5.75 Å². The monoisotopic (exact) mass is 379 g/mol. The maximum absolute atomic E-state index is 13.1. The number of hydrogen-bond acceptors (Lipinski definition) is 4. The number of amides is 2. The third-order valence-electron chi connectivity index (χ3n) is 5.02. The van der Waals surface area contributed by atoms with Crippen molar-refractivity contribution in [3.8, 4) is 5.75 Å². The Morgan fingerprint density at radius 2 is 2.00 bits per heavy atom. The van der Waals surface area contributed by atoms with Crippen LogP contribution in [0.25, 0.3) is 10.9 Å². The number of nitrogens with zero attached hydrogens (tertiary/aromatic N) is 2. The summed E-state index contributed by atoms with van der Waals surface area (Å²) in [7, 11) is 1.63. The number of benzene rings is 2. The van der Waals surface area contributed by atoms with Crippen LogP contribution < -0.4 is 5.73 Å². The van der Waals surface area contributed by atoms with Crippen LogP contribution >= 0.6 is 0 Å². The van der Waals surface area contributed by atoms with Gasteiger partial charge in [0.1, 0.15) is 11.3 Å². The largest absolute Gasteiger partial charge is 0.505 e. The number of aromatic hydroxyl groups is 1. The maximum Gasteiger partial charge on any atom is 0.258 e. The summed E-state index contributed by atoms with van der Waals surface area (Å²) in [5.74, 6) is -1.32. The quantitative estimate of drug-likeness (QED) is 0.727. The molecule has 0 unspecified atom stereocenters. The fourth-order valence-electron chi connectivity index (χ4n) is 3.72. The molecule has 0 saturated carbocycles. The summed E-state index contributed by atoms with van der Waals surface area (Å²) in [4.78, 5) is 29.9. The zero-order valence-corrected chi connectivity index (χ0v) is 15.2. The average Bonchev–Trinajstić information content (AvgIpc) is 2.95. The van der Waals surface area contributed by atoms with Gasteiger partial charge in [0.2, 0.25) is 5.91 Å². The number of primary amides is 1. The molecule has 3 N–H and O–H groups in total. The first-order valence-electron chi connectivity index (χ1n) is 8.78. The van der Waals surface area contributed by atoms with E-state index in [1.807, 2.05) is 6.07 Å². The van der Waals surface area contributed by atoms with E-state index >= 15 is 0 Å². The highest BCUT2D eigenvalue weighted by atomic mass is 19.1. The van der Waals surface area contributed by atoms with Crippen molar-refractivity contribution in [1.29, 1.82) is 0 Å². The maximum atomic E-state index is 13.1. The standard InChI is InChI=1S/C21H18FN3O3/c1-25-10-16-14(8-17(23)26)15-7-12(6-11-2-4-13(22)5-3-11)9-24-19(15)20(27)18(16)21(25)28/h2-5,7,9,27H,6,8,10H2,1H3,(H2,23,26). The van der Waals surface area contributed by atoms with Crippen molar-refractivity contribution in [2.24, 2.45) is 5.73 Å². The van der Waals surface area contributed by atoms with Crippen molar-refractivity contribution in [2.75, 3.05) is 7.05 Å². The van der Waals surface area contributed by atoms with Gasteiger partial charge in [-0.3, -0.25) is 14.6 Å². The molecule has 0 fully saturated rings. The third kappa shape index (κ3) is 2.94. The van der Waals surface area contributed by atoms with Crippen LogP contribution in [0, 0.1) is 5.82 Å². The first-order chi connectivity index (χ1) is 13.3. The summed E-state index contributed by atoms with van der Waals surface area (Å²) in [5, 5.41) is 11.3. The van der Waals surface area contributed by atoms with Gasteiger partial charge < -0.3 is 15.7 Å². The van der Waals surface area contributed by atoms with Crippen LogP contribution in [0.2, 0.25) is 0 Å². The normalized spacial score (nSPS) is 13.2. The van der Waals surface area contributed by atoms with Gasteiger partial charge in [0.25, 0.3) is 5.91 Å². The second-order valence-electron chi connectivity index (χ2n) is 7.03. The Morgan fingerprint density at radius 1 is 1.29 bits per heavy atom. The molecule has 0 aliphatic carbocycles. The smallest absolute Gasteiger partial charge is 0.258 e. The second kappa shape index (κ2) is 6.60. The summed E-state index contributed by atoms with van der Waals surface area (Å²) in [6.07, 6.45) is 2.06. The van der Waals surface area contributed by atoms with Crippen molar-refractivity contribution >= 4 is 22.7 Å². The molecule has 0 saturated heterocycles. The summed E-state index contributed by atoms with van der Waals surface area (Å²) in [5.41, 5.74) is 8.85. The fourth-order valence-corrected chi connectivity index (χ4v) is 3.72. The number of phenols is 1. The molecule has 2 heterocycles. The van der Waals surface area contributed by atoms with Crippen molar-refractivity contribution in [3.63, 3.8) is 0 Å². The molecule has 0 bridgehead atoms. The lowest BCUT2D eigenvalue weighted by atomic mass is 9.93. The number of pyridine rings is 1. The predicted molar refractivity (Wildman–Crippen MR) is 101 cm³/mol. The highest BCUT2D eigenvalue weighted by molar-refractivity contribution is 6.08.